The van der Waals surface area contributed by atoms with Crippen molar-refractivity contribution < 1.29 is 23.5 Å². The molecule has 0 radical (unpaired) electrons. The summed E-state index contributed by atoms with van der Waals surface area (Å²) in [5.41, 5.74) is 0.661. The molecular weight excluding hydrogens is 375 g/mol. The van der Waals surface area contributed by atoms with E-state index < -0.39 is 11.6 Å². The summed E-state index contributed by atoms with van der Waals surface area (Å²) in [5.74, 6) is -0.411. The monoisotopic (exact) mass is 396 g/mol. The van der Waals surface area contributed by atoms with E-state index >= 15 is 0 Å². The molecule has 0 unspecified atom stereocenters. The van der Waals surface area contributed by atoms with Gasteiger partial charge in [-0.05, 0) is 55.0 Å². The van der Waals surface area contributed by atoms with Crippen molar-refractivity contribution >= 4 is 17.8 Å². The summed E-state index contributed by atoms with van der Waals surface area (Å²) in [6.45, 7) is 2.02. The van der Waals surface area contributed by atoms with Crippen molar-refractivity contribution in [1.82, 2.24) is 4.90 Å². The summed E-state index contributed by atoms with van der Waals surface area (Å²) < 4.78 is 24.1. The van der Waals surface area contributed by atoms with Crippen molar-refractivity contribution in [3.63, 3.8) is 0 Å². The number of ether oxygens (including phenoxy) is 2. The van der Waals surface area contributed by atoms with Gasteiger partial charge >= 0.3 is 0 Å². The van der Waals surface area contributed by atoms with E-state index in [9.17, 15) is 19.2 Å². The first-order valence-electron chi connectivity index (χ1n) is 8.87. The molecule has 1 amide bonds. The zero-order chi connectivity index (χ0) is 21.4. The molecule has 0 N–H and O–H groups in total. The lowest BCUT2D eigenvalue weighted by molar-refractivity contribution is -0.130. The van der Waals surface area contributed by atoms with Gasteiger partial charge in [-0.15, -0.1) is 0 Å². The Morgan fingerprint density at radius 2 is 1.79 bits per heavy atom. The normalized spacial score (nSPS) is 10.8. The van der Waals surface area contributed by atoms with Crippen LogP contribution in [0.4, 0.5) is 4.39 Å². The van der Waals surface area contributed by atoms with Gasteiger partial charge in [0.15, 0.2) is 18.1 Å². The first kappa shape index (κ1) is 21.6. The smallest absolute Gasteiger partial charge is 0.259 e. The van der Waals surface area contributed by atoms with Crippen LogP contribution in [0.3, 0.4) is 0 Å². The van der Waals surface area contributed by atoms with Gasteiger partial charge in [0.05, 0.1) is 6.61 Å². The molecule has 6 nitrogen and oxygen atoms in total. The fraction of sp³-hybridized carbons (Fsp3) is 0.227. The second-order valence-corrected chi connectivity index (χ2v) is 6.22. The van der Waals surface area contributed by atoms with Gasteiger partial charge in [-0.3, -0.25) is 9.59 Å². The summed E-state index contributed by atoms with van der Waals surface area (Å²) >= 11 is 0. The Kier molecular flexibility index (Phi) is 7.49. The highest BCUT2D eigenvalue weighted by molar-refractivity contribution is 6.14. The molecule has 0 atom stereocenters. The number of likely N-dealkylation sites (N-methyl/N-ethyl adjacent to an activating group) is 1. The summed E-state index contributed by atoms with van der Waals surface area (Å²) in [4.78, 5) is 25.6. The van der Waals surface area contributed by atoms with E-state index in [1.54, 1.807) is 39.2 Å². The Morgan fingerprint density at radius 3 is 2.38 bits per heavy atom. The number of nitriles is 1. The zero-order valence-electron chi connectivity index (χ0n) is 16.4. The molecule has 2 aromatic carbocycles. The molecule has 2 aromatic rings. The van der Waals surface area contributed by atoms with E-state index in [4.69, 9.17) is 9.47 Å². The summed E-state index contributed by atoms with van der Waals surface area (Å²) in [5, 5.41) is 9.39. The molecule has 0 saturated carbocycles. The average molecular weight is 396 g/mol. The second-order valence-electron chi connectivity index (χ2n) is 6.22. The van der Waals surface area contributed by atoms with Gasteiger partial charge in [-0.2, -0.15) is 5.26 Å². The Bertz CT molecular complexity index is 960. The van der Waals surface area contributed by atoms with Crippen LogP contribution in [0.15, 0.2) is 48.0 Å². The van der Waals surface area contributed by atoms with Crippen molar-refractivity contribution in [3.8, 4) is 17.6 Å². The van der Waals surface area contributed by atoms with E-state index in [0.29, 0.717) is 23.7 Å². The molecule has 0 fully saturated rings. The van der Waals surface area contributed by atoms with E-state index in [1.807, 2.05) is 6.07 Å². The van der Waals surface area contributed by atoms with Crippen LogP contribution in [0.2, 0.25) is 0 Å². The number of Topliss-reactive ketones (excluding diaryl/α,β-unsaturated/α-hetero) is 1. The predicted molar refractivity (Wildman–Crippen MR) is 106 cm³/mol. The highest BCUT2D eigenvalue weighted by Gasteiger charge is 2.14. The summed E-state index contributed by atoms with van der Waals surface area (Å²) in [6, 6.07) is 11.7. The number of rotatable bonds is 8. The number of hydrogen-bond acceptors (Lipinski definition) is 5. The van der Waals surface area contributed by atoms with Crippen molar-refractivity contribution in [3.05, 3.63) is 65.0 Å². The van der Waals surface area contributed by atoms with Crippen molar-refractivity contribution in [2.45, 2.75) is 6.92 Å². The Morgan fingerprint density at radius 1 is 1.10 bits per heavy atom. The van der Waals surface area contributed by atoms with Crippen LogP contribution in [0.5, 0.6) is 11.5 Å². The van der Waals surface area contributed by atoms with Gasteiger partial charge in [-0.25, -0.2) is 4.39 Å². The van der Waals surface area contributed by atoms with Crippen LogP contribution >= 0.6 is 0 Å². The summed E-state index contributed by atoms with van der Waals surface area (Å²) in [6.07, 6.45) is 1.42. The number of allylic oxidation sites excluding steroid dienone is 1. The number of carbonyl (C=O) groups excluding carboxylic acids is 2. The number of amides is 1. The van der Waals surface area contributed by atoms with E-state index in [0.717, 1.165) is 12.1 Å². The number of ketones is 1. The molecule has 0 bridgehead atoms. The molecule has 0 heterocycles. The molecule has 150 valence electrons. The fourth-order valence-corrected chi connectivity index (χ4v) is 2.34. The lowest BCUT2D eigenvalue weighted by Gasteiger charge is -2.14. The van der Waals surface area contributed by atoms with Gasteiger partial charge < -0.3 is 14.4 Å². The van der Waals surface area contributed by atoms with Gasteiger partial charge in [-0.1, -0.05) is 6.07 Å². The SMILES string of the molecule is CCOc1cc(/C=C(\C#N)C(=O)c2ccc(F)cc2)ccc1OCC(=O)N(C)C. The number of halogens is 1. The molecule has 7 heteroatoms. The minimum atomic E-state index is -0.512. The molecule has 0 spiro atoms. The minimum absolute atomic E-state index is 0.101. The maximum absolute atomic E-state index is 13.1. The lowest BCUT2D eigenvalue weighted by Crippen LogP contribution is -2.27. The van der Waals surface area contributed by atoms with Crippen molar-refractivity contribution in [1.29, 1.82) is 5.26 Å². The minimum Gasteiger partial charge on any atom is -0.490 e. The van der Waals surface area contributed by atoms with E-state index in [2.05, 4.69) is 0 Å². The molecule has 0 aliphatic heterocycles. The quantitative estimate of drug-likeness (QED) is 0.388. The Hall–Kier alpha value is -3.66. The lowest BCUT2D eigenvalue weighted by atomic mass is 10.0. The van der Waals surface area contributed by atoms with Crippen LogP contribution in [-0.2, 0) is 4.79 Å². The van der Waals surface area contributed by atoms with Crippen molar-refractivity contribution in [2.75, 3.05) is 27.3 Å². The molecule has 0 aliphatic carbocycles. The highest BCUT2D eigenvalue weighted by Crippen LogP contribution is 2.29. The van der Waals surface area contributed by atoms with Gasteiger partial charge in [0.2, 0.25) is 5.78 Å². The van der Waals surface area contributed by atoms with Crippen LogP contribution in [0.25, 0.3) is 6.08 Å². The fourth-order valence-electron chi connectivity index (χ4n) is 2.34. The van der Waals surface area contributed by atoms with Crippen molar-refractivity contribution in [2.24, 2.45) is 0 Å². The average Bonchev–Trinajstić information content (AvgIpc) is 2.71. The molecule has 0 saturated heterocycles. The van der Waals surface area contributed by atoms with Gasteiger partial charge in [0, 0.05) is 19.7 Å². The third-order valence-corrected chi connectivity index (χ3v) is 3.90. The molecule has 0 aliphatic rings. The molecule has 0 aromatic heterocycles. The van der Waals surface area contributed by atoms with Crippen LogP contribution in [0, 0.1) is 17.1 Å². The van der Waals surface area contributed by atoms with Crippen LogP contribution in [-0.4, -0.2) is 43.9 Å². The number of benzene rings is 2. The number of hydrogen-bond donors (Lipinski definition) is 0. The van der Waals surface area contributed by atoms with E-state index in [1.165, 1.54) is 23.1 Å². The van der Waals surface area contributed by atoms with E-state index in [-0.39, 0.29) is 23.7 Å². The third-order valence-electron chi connectivity index (χ3n) is 3.90. The molecule has 29 heavy (non-hydrogen) atoms. The highest BCUT2D eigenvalue weighted by atomic mass is 19.1. The Balaban J connectivity index is 2.29. The van der Waals surface area contributed by atoms with Crippen LogP contribution < -0.4 is 9.47 Å². The summed E-state index contributed by atoms with van der Waals surface area (Å²) in [7, 11) is 3.26. The second kappa shape index (κ2) is 10.0. The maximum Gasteiger partial charge on any atom is 0.259 e. The Labute approximate surface area is 168 Å². The predicted octanol–water partition coefficient (Wildman–Crippen LogP) is 3.48. The zero-order valence-corrected chi connectivity index (χ0v) is 16.4. The maximum atomic E-state index is 13.1. The number of carbonyl (C=O) groups is 2. The molecular formula is C22H21FN2O4. The number of nitrogens with zero attached hydrogens (tertiary/aromatic N) is 2. The first-order valence-corrected chi connectivity index (χ1v) is 8.87. The van der Waals surface area contributed by atoms with Crippen LogP contribution in [0.1, 0.15) is 22.8 Å². The largest absolute Gasteiger partial charge is 0.490 e. The van der Waals surface area contributed by atoms with Gasteiger partial charge in [0.1, 0.15) is 17.5 Å². The van der Waals surface area contributed by atoms with Gasteiger partial charge in [0.25, 0.3) is 5.91 Å². The molecule has 2 rings (SSSR count). The first-order chi connectivity index (χ1) is 13.8. The third kappa shape index (κ3) is 5.91. The topological polar surface area (TPSA) is 79.6 Å². The standard InChI is InChI=1S/C22H21FN2O4/c1-4-28-20-12-15(5-10-19(20)29-14-21(26)25(2)3)11-17(13-24)22(27)16-6-8-18(23)9-7-16/h5-12H,4,14H2,1-3H3/b17-11+.